The van der Waals surface area contributed by atoms with Crippen molar-refractivity contribution in [3.05, 3.63) is 18.2 Å². The van der Waals surface area contributed by atoms with Gasteiger partial charge in [-0.1, -0.05) is 0 Å². The third-order valence-electron chi connectivity index (χ3n) is 3.77. The van der Waals surface area contributed by atoms with Crippen molar-refractivity contribution >= 4 is 17.5 Å². The topological polar surface area (TPSA) is 70.1 Å². The molecule has 6 heteroatoms. The highest BCUT2D eigenvalue weighted by molar-refractivity contribution is 6.05. The predicted molar refractivity (Wildman–Crippen MR) is 83.1 cm³/mol. The summed E-state index contributed by atoms with van der Waals surface area (Å²) in [6, 6.07) is 4.54. The number of phenolic OH excluding ortho intramolecular Hbond substituents is 1. The molecule has 0 aromatic heterocycles. The van der Waals surface area contributed by atoms with Crippen LogP contribution in [-0.2, 0) is 9.59 Å². The number of carbonyl (C=O) groups excluding carboxylic acids is 2. The Labute approximate surface area is 130 Å². The molecule has 1 aliphatic rings. The zero-order valence-corrected chi connectivity index (χ0v) is 13.4. The van der Waals surface area contributed by atoms with Gasteiger partial charge in [0.25, 0.3) is 5.91 Å². The first kappa shape index (κ1) is 16.1. The lowest BCUT2D eigenvalue weighted by Crippen LogP contribution is -2.55. The van der Waals surface area contributed by atoms with Crippen molar-refractivity contribution in [1.82, 2.24) is 4.90 Å². The Morgan fingerprint density at radius 2 is 1.95 bits per heavy atom. The maximum atomic E-state index is 12.6. The summed E-state index contributed by atoms with van der Waals surface area (Å²) in [5.74, 6) is 0.0707. The van der Waals surface area contributed by atoms with E-state index in [2.05, 4.69) is 0 Å². The van der Waals surface area contributed by atoms with Crippen LogP contribution in [0.3, 0.4) is 0 Å². The normalized spacial score (nSPS) is 16.0. The van der Waals surface area contributed by atoms with Gasteiger partial charge in [-0.25, -0.2) is 0 Å². The van der Waals surface area contributed by atoms with E-state index in [0.29, 0.717) is 24.5 Å². The summed E-state index contributed by atoms with van der Waals surface area (Å²) in [7, 11) is 0. The number of rotatable bonds is 4. The zero-order valence-electron chi connectivity index (χ0n) is 13.4. The molecule has 0 saturated carbocycles. The molecule has 0 aliphatic carbocycles. The van der Waals surface area contributed by atoms with Crippen molar-refractivity contribution in [2.24, 2.45) is 0 Å². The van der Waals surface area contributed by atoms with Gasteiger partial charge in [0.15, 0.2) is 5.60 Å². The fourth-order valence-electron chi connectivity index (χ4n) is 2.52. The van der Waals surface area contributed by atoms with Crippen LogP contribution < -0.4 is 9.64 Å². The monoisotopic (exact) mass is 306 g/mol. The minimum absolute atomic E-state index is 0.0233. The molecule has 0 saturated heterocycles. The van der Waals surface area contributed by atoms with Gasteiger partial charge in [0.2, 0.25) is 5.91 Å². The van der Waals surface area contributed by atoms with E-state index < -0.39 is 5.60 Å². The van der Waals surface area contributed by atoms with E-state index in [-0.39, 0.29) is 24.1 Å². The number of likely N-dealkylation sites (N-methyl/N-ethyl adjacent to an activating group) is 1. The first-order valence-electron chi connectivity index (χ1n) is 7.42. The summed E-state index contributed by atoms with van der Waals surface area (Å²) in [6.45, 7) is 8.23. The number of carbonyl (C=O) groups is 2. The number of benzene rings is 1. The molecule has 120 valence electrons. The SMILES string of the molecule is CCN(CC)C(=O)CN1C(=O)C(C)(C)Oc2ccc(O)cc21. The van der Waals surface area contributed by atoms with E-state index in [9.17, 15) is 14.7 Å². The highest BCUT2D eigenvalue weighted by Crippen LogP contribution is 2.39. The molecule has 0 fully saturated rings. The number of fused-ring (bicyclic) bond motifs is 1. The molecule has 0 atom stereocenters. The summed E-state index contributed by atoms with van der Waals surface area (Å²) in [4.78, 5) is 28.0. The Hall–Kier alpha value is -2.24. The predicted octanol–water partition coefficient (Wildman–Crippen LogP) is 1.76. The van der Waals surface area contributed by atoms with E-state index in [1.807, 2.05) is 13.8 Å². The van der Waals surface area contributed by atoms with E-state index in [1.165, 1.54) is 17.0 Å². The minimum Gasteiger partial charge on any atom is -0.508 e. The number of hydrogen-bond acceptors (Lipinski definition) is 4. The molecular formula is C16H22N2O4. The van der Waals surface area contributed by atoms with Gasteiger partial charge < -0.3 is 14.7 Å². The second-order valence-corrected chi connectivity index (χ2v) is 5.72. The highest BCUT2D eigenvalue weighted by Gasteiger charge is 2.42. The summed E-state index contributed by atoms with van der Waals surface area (Å²) in [6.07, 6.45) is 0. The Morgan fingerprint density at radius 1 is 1.32 bits per heavy atom. The van der Waals surface area contributed by atoms with Crippen molar-refractivity contribution in [3.8, 4) is 11.5 Å². The molecule has 1 heterocycles. The highest BCUT2D eigenvalue weighted by atomic mass is 16.5. The average molecular weight is 306 g/mol. The standard InChI is InChI=1S/C16H22N2O4/c1-5-17(6-2)14(20)10-18-12-9-11(19)7-8-13(12)22-16(3,4)15(18)21/h7-9,19H,5-6,10H2,1-4H3. The molecule has 2 amide bonds. The molecule has 0 unspecified atom stereocenters. The molecule has 1 aromatic rings. The second-order valence-electron chi connectivity index (χ2n) is 5.72. The number of amides is 2. The van der Waals surface area contributed by atoms with E-state index in [1.54, 1.807) is 24.8 Å². The van der Waals surface area contributed by atoms with Crippen molar-refractivity contribution in [2.45, 2.75) is 33.3 Å². The zero-order chi connectivity index (χ0) is 16.5. The van der Waals surface area contributed by atoms with Gasteiger partial charge in [-0.15, -0.1) is 0 Å². The van der Waals surface area contributed by atoms with Gasteiger partial charge in [0, 0.05) is 19.2 Å². The lowest BCUT2D eigenvalue weighted by atomic mass is 10.0. The molecule has 6 nitrogen and oxygen atoms in total. The van der Waals surface area contributed by atoms with E-state index in [4.69, 9.17) is 4.74 Å². The van der Waals surface area contributed by atoms with Crippen LogP contribution in [0.25, 0.3) is 0 Å². The summed E-state index contributed by atoms with van der Waals surface area (Å²) < 4.78 is 5.68. The average Bonchev–Trinajstić information content (AvgIpc) is 2.46. The smallest absolute Gasteiger partial charge is 0.271 e. The van der Waals surface area contributed by atoms with Crippen LogP contribution in [0.1, 0.15) is 27.7 Å². The van der Waals surface area contributed by atoms with Crippen LogP contribution in [-0.4, -0.2) is 47.1 Å². The van der Waals surface area contributed by atoms with Crippen molar-refractivity contribution in [1.29, 1.82) is 0 Å². The largest absolute Gasteiger partial charge is 0.508 e. The molecule has 0 radical (unpaired) electrons. The lowest BCUT2D eigenvalue weighted by molar-refractivity contribution is -0.136. The van der Waals surface area contributed by atoms with Crippen LogP contribution in [0.4, 0.5) is 5.69 Å². The number of aromatic hydroxyl groups is 1. The molecule has 0 bridgehead atoms. The van der Waals surface area contributed by atoms with Crippen LogP contribution in [0, 0.1) is 0 Å². The first-order valence-corrected chi connectivity index (χ1v) is 7.42. The van der Waals surface area contributed by atoms with Gasteiger partial charge in [0.1, 0.15) is 18.0 Å². The van der Waals surface area contributed by atoms with Gasteiger partial charge in [-0.3, -0.25) is 14.5 Å². The Kier molecular flexibility index (Phi) is 4.30. The summed E-state index contributed by atoms with van der Waals surface area (Å²) >= 11 is 0. The molecule has 1 aromatic carbocycles. The van der Waals surface area contributed by atoms with Crippen LogP contribution in [0.15, 0.2) is 18.2 Å². The molecule has 2 rings (SSSR count). The van der Waals surface area contributed by atoms with Gasteiger partial charge in [0.05, 0.1) is 5.69 Å². The number of ether oxygens (including phenoxy) is 1. The fourth-order valence-corrected chi connectivity index (χ4v) is 2.52. The molecule has 0 spiro atoms. The van der Waals surface area contributed by atoms with Crippen molar-refractivity contribution in [2.75, 3.05) is 24.5 Å². The van der Waals surface area contributed by atoms with Crippen LogP contribution in [0.5, 0.6) is 11.5 Å². The summed E-state index contributed by atoms with van der Waals surface area (Å²) in [5.41, 5.74) is -0.627. The number of hydrogen-bond donors (Lipinski definition) is 1. The number of anilines is 1. The Bertz CT molecular complexity index is 594. The van der Waals surface area contributed by atoms with Gasteiger partial charge in [-0.2, -0.15) is 0 Å². The number of nitrogens with zero attached hydrogens (tertiary/aromatic N) is 2. The van der Waals surface area contributed by atoms with Crippen LogP contribution in [0.2, 0.25) is 0 Å². The first-order chi connectivity index (χ1) is 10.3. The molecular weight excluding hydrogens is 284 g/mol. The van der Waals surface area contributed by atoms with Crippen LogP contribution >= 0.6 is 0 Å². The minimum atomic E-state index is -1.05. The van der Waals surface area contributed by atoms with Gasteiger partial charge >= 0.3 is 0 Å². The maximum absolute atomic E-state index is 12.6. The van der Waals surface area contributed by atoms with Gasteiger partial charge in [-0.05, 0) is 39.8 Å². The van der Waals surface area contributed by atoms with E-state index >= 15 is 0 Å². The third-order valence-corrected chi connectivity index (χ3v) is 3.77. The molecule has 22 heavy (non-hydrogen) atoms. The maximum Gasteiger partial charge on any atom is 0.271 e. The second kappa shape index (κ2) is 5.87. The quantitative estimate of drug-likeness (QED) is 0.920. The summed E-state index contributed by atoms with van der Waals surface area (Å²) in [5, 5.41) is 9.67. The molecule has 1 aliphatic heterocycles. The lowest BCUT2D eigenvalue weighted by Gasteiger charge is -2.39. The van der Waals surface area contributed by atoms with Crippen molar-refractivity contribution in [3.63, 3.8) is 0 Å². The number of phenols is 1. The molecule has 1 N–H and O–H groups in total. The third kappa shape index (κ3) is 2.86. The Morgan fingerprint density at radius 3 is 2.55 bits per heavy atom. The Balaban J connectivity index is 2.38. The van der Waals surface area contributed by atoms with E-state index in [0.717, 1.165) is 0 Å². The van der Waals surface area contributed by atoms with Crippen molar-refractivity contribution < 1.29 is 19.4 Å². The fraction of sp³-hybridized carbons (Fsp3) is 0.500.